The zero-order chi connectivity index (χ0) is 21.9. The minimum absolute atomic E-state index is 0.0857. The summed E-state index contributed by atoms with van der Waals surface area (Å²) in [6, 6.07) is 5.77. The number of sulfonamides is 1. The van der Waals surface area contributed by atoms with Crippen LogP contribution in [0.25, 0.3) is 0 Å². The van der Waals surface area contributed by atoms with Gasteiger partial charge in [0, 0.05) is 13.1 Å². The minimum Gasteiger partial charge on any atom is -0.483 e. The zero-order valence-corrected chi connectivity index (χ0v) is 16.8. The molecule has 1 fully saturated rings. The number of halogens is 3. The molecule has 1 heterocycles. The highest BCUT2D eigenvalue weighted by atomic mass is 32.2. The molecular weight excluding hydrogens is 425 g/mol. The third kappa shape index (κ3) is 4.74. The summed E-state index contributed by atoms with van der Waals surface area (Å²) < 4.78 is 77.0. The number of carbonyl (C=O) groups is 1. The molecule has 1 N–H and O–H groups in total. The van der Waals surface area contributed by atoms with E-state index in [1.54, 1.807) is 6.92 Å². The second kappa shape index (κ2) is 9.02. The lowest BCUT2D eigenvalue weighted by molar-refractivity contribution is -0.118. The van der Waals surface area contributed by atoms with Crippen molar-refractivity contribution in [1.82, 2.24) is 4.31 Å². The number of rotatable bonds is 6. The Bertz CT molecular complexity index is 1060. The molecule has 0 aliphatic carbocycles. The van der Waals surface area contributed by atoms with Crippen LogP contribution in [0.5, 0.6) is 5.75 Å². The molecule has 1 saturated heterocycles. The smallest absolute Gasteiger partial charge is 0.262 e. The van der Waals surface area contributed by atoms with Crippen molar-refractivity contribution in [3.05, 3.63) is 53.3 Å². The van der Waals surface area contributed by atoms with Gasteiger partial charge in [-0.15, -0.1) is 0 Å². The van der Waals surface area contributed by atoms with Gasteiger partial charge in [-0.25, -0.2) is 21.6 Å². The number of aryl methyl sites for hydroxylation is 1. The van der Waals surface area contributed by atoms with E-state index in [1.807, 2.05) is 0 Å². The van der Waals surface area contributed by atoms with Gasteiger partial charge in [0.05, 0.1) is 23.8 Å². The first kappa shape index (κ1) is 22.1. The number of anilines is 1. The SMILES string of the molecule is Cc1cc(S(=O)(=O)N2CCOCC2)ccc1OCC(=O)Nc1ccc(F)c(F)c1F. The van der Waals surface area contributed by atoms with Crippen LogP contribution in [0, 0.1) is 24.4 Å². The van der Waals surface area contributed by atoms with E-state index in [-0.39, 0.29) is 23.7 Å². The third-order valence-electron chi connectivity index (χ3n) is 4.42. The van der Waals surface area contributed by atoms with Gasteiger partial charge in [0.15, 0.2) is 24.1 Å². The Labute approximate surface area is 171 Å². The summed E-state index contributed by atoms with van der Waals surface area (Å²) in [5, 5.41) is 2.09. The molecule has 2 aromatic rings. The number of benzene rings is 2. The van der Waals surface area contributed by atoms with E-state index >= 15 is 0 Å². The van der Waals surface area contributed by atoms with Crippen LogP contribution in [0.4, 0.5) is 18.9 Å². The maximum absolute atomic E-state index is 13.6. The normalized spacial score (nSPS) is 15.1. The number of hydrogen-bond acceptors (Lipinski definition) is 5. The Morgan fingerprint density at radius 2 is 1.83 bits per heavy atom. The monoisotopic (exact) mass is 444 g/mol. The average Bonchev–Trinajstić information content (AvgIpc) is 2.74. The van der Waals surface area contributed by atoms with Crippen molar-refractivity contribution in [2.45, 2.75) is 11.8 Å². The lowest BCUT2D eigenvalue weighted by Crippen LogP contribution is -2.40. The van der Waals surface area contributed by atoms with Crippen LogP contribution in [-0.2, 0) is 19.6 Å². The quantitative estimate of drug-likeness (QED) is 0.692. The van der Waals surface area contributed by atoms with Gasteiger partial charge in [-0.1, -0.05) is 0 Å². The predicted molar refractivity (Wildman–Crippen MR) is 101 cm³/mol. The Kier molecular flexibility index (Phi) is 6.64. The first-order chi connectivity index (χ1) is 14.2. The highest BCUT2D eigenvalue weighted by Crippen LogP contribution is 2.25. The molecule has 11 heteroatoms. The maximum Gasteiger partial charge on any atom is 0.262 e. The summed E-state index contributed by atoms with van der Waals surface area (Å²) in [4.78, 5) is 12.0. The number of hydrogen-bond donors (Lipinski definition) is 1. The van der Waals surface area contributed by atoms with Gasteiger partial charge in [-0.3, -0.25) is 4.79 Å². The van der Waals surface area contributed by atoms with Crippen molar-refractivity contribution in [3.8, 4) is 5.75 Å². The molecule has 0 bridgehead atoms. The van der Waals surface area contributed by atoms with Gasteiger partial charge in [-0.05, 0) is 42.8 Å². The van der Waals surface area contributed by atoms with Gasteiger partial charge in [0.2, 0.25) is 10.0 Å². The van der Waals surface area contributed by atoms with Crippen LogP contribution in [0.3, 0.4) is 0 Å². The minimum atomic E-state index is -3.67. The molecule has 1 aliphatic heterocycles. The van der Waals surface area contributed by atoms with Gasteiger partial charge in [-0.2, -0.15) is 4.31 Å². The van der Waals surface area contributed by atoms with E-state index in [9.17, 15) is 26.4 Å². The molecule has 3 rings (SSSR count). The number of nitrogens with one attached hydrogen (secondary N) is 1. The number of carbonyl (C=O) groups excluding carboxylic acids is 1. The molecule has 0 atom stereocenters. The largest absolute Gasteiger partial charge is 0.483 e. The van der Waals surface area contributed by atoms with Crippen molar-refractivity contribution >= 4 is 21.6 Å². The molecule has 7 nitrogen and oxygen atoms in total. The molecule has 0 aromatic heterocycles. The number of morpholine rings is 1. The van der Waals surface area contributed by atoms with Crippen LogP contribution >= 0.6 is 0 Å². The fraction of sp³-hybridized carbons (Fsp3) is 0.316. The third-order valence-corrected chi connectivity index (χ3v) is 6.32. The molecule has 0 spiro atoms. The van der Waals surface area contributed by atoms with Crippen LogP contribution in [0.1, 0.15) is 5.56 Å². The van der Waals surface area contributed by atoms with Crippen molar-refractivity contribution < 1.29 is 35.9 Å². The van der Waals surface area contributed by atoms with Crippen molar-refractivity contribution in [3.63, 3.8) is 0 Å². The van der Waals surface area contributed by atoms with E-state index in [2.05, 4.69) is 5.32 Å². The topological polar surface area (TPSA) is 84.9 Å². The van der Waals surface area contributed by atoms with E-state index < -0.39 is 45.7 Å². The van der Waals surface area contributed by atoms with E-state index in [1.165, 1.54) is 22.5 Å². The molecule has 0 radical (unpaired) electrons. The molecule has 0 unspecified atom stereocenters. The molecule has 1 aliphatic rings. The van der Waals surface area contributed by atoms with Crippen molar-refractivity contribution in [1.29, 1.82) is 0 Å². The molecule has 0 saturated carbocycles. The van der Waals surface area contributed by atoms with Crippen LogP contribution in [0.2, 0.25) is 0 Å². The fourth-order valence-electron chi connectivity index (χ4n) is 2.83. The van der Waals surface area contributed by atoms with Gasteiger partial charge < -0.3 is 14.8 Å². The summed E-state index contributed by atoms with van der Waals surface area (Å²) in [6.07, 6.45) is 0. The average molecular weight is 444 g/mol. The predicted octanol–water partition coefficient (Wildman–Crippen LogP) is 2.45. The zero-order valence-electron chi connectivity index (χ0n) is 16.0. The maximum atomic E-state index is 13.6. The van der Waals surface area contributed by atoms with Crippen LogP contribution in [0.15, 0.2) is 35.2 Å². The standard InChI is InChI=1S/C19H19F3N2O5S/c1-12-10-13(30(26,27)24-6-8-28-9-7-24)2-5-16(12)29-11-17(25)23-15-4-3-14(20)18(21)19(15)22/h2-5,10H,6-9,11H2,1H3,(H,23,25). The molecular formula is C19H19F3N2O5S. The Balaban J connectivity index is 1.65. The summed E-state index contributed by atoms with van der Waals surface area (Å²) >= 11 is 0. The number of ether oxygens (including phenoxy) is 2. The fourth-order valence-corrected chi connectivity index (χ4v) is 4.33. The molecule has 2 aromatic carbocycles. The molecule has 1 amide bonds. The summed E-state index contributed by atoms with van der Waals surface area (Å²) in [7, 11) is -3.67. The molecule has 30 heavy (non-hydrogen) atoms. The van der Waals surface area contributed by atoms with E-state index in [0.717, 1.165) is 6.07 Å². The van der Waals surface area contributed by atoms with Gasteiger partial charge in [0.25, 0.3) is 5.91 Å². The number of nitrogens with zero attached hydrogens (tertiary/aromatic N) is 1. The first-order valence-electron chi connectivity index (χ1n) is 8.95. The molecule has 162 valence electrons. The Morgan fingerprint density at radius 3 is 2.50 bits per heavy atom. The Hall–Kier alpha value is -2.63. The first-order valence-corrected chi connectivity index (χ1v) is 10.4. The van der Waals surface area contributed by atoms with E-state index in [0.29, 0.717) is 24.8 Å². The highest BCUT2D eigenvalue weighted by Gasteiger charge is 2.26. The Morgan fingerprint density at radius 1 is 1.13 bits per heavy atom. The van der Waals surface area contributed by atoms with Crippen molar-refractivity contribution in [2.75, 3.05) is 38.2 Å². The summed E-state index contributed by atoms with van der Waals surface area (Å²) in [6.45, 7) is 2.25. The lowest BCUT2D eigenvalue weighted by atomic mass is 10.2. The van der Waals surface area contributed by atoms with Gasteiger partial charge in [0.1, 0.15) is 5.75 Å². The highest BCUT2D eigenvalue weighted by molar-refractivity contribution is 7.89. The second-order valence-corrected chi connectivity index (χ2v) is 8.44. The van der Waals surface area contributed by atoms with Crippen LogP contribution < -0.4 is 10.1 Å². The second-order valence-electron chi connectivity index (χ2n) is 6.50. The summed E-state index contributed by atoms with van der Waals surface area (Å²) in [5.41, 5.74) is -0.0534. The van der Waals surface area contributed by atoms with Crippen molar-refractivity contribution in [2.24, 2.45) is 0 Å². The lowest BCUT2D eigenvalue weighted by Gasteiger charge is -2.26. The number of amides is 1. The summed E-state index contributed by atoms with van der Waals surface area (Å²) in [5.74, 6) is -5.13. The van der Waals surface area contributed by atoms with Crippen LogP contribution in [-0.4, -0.2) is 51.5 Å². The van der Waals surface area contributed by atoms with Gasteiger partial charge >= 0.3 is 0 Å². The van der Waals surface area contributed by atoms with E-state index in [4.69, 9.17) is 9.47 Å².